The number of thiophene rings is 1. The molecule has 1 fully saturated rings. The molecule has 100 valence electrons. The second-order valence-electron chi connectivity index (χ2n) is 6.07. The van der Waals surface area contributed by atoms with E-state index in [-0.39, 0.29) is 0 Å². The van der Waals surface area contributed by atoms with Gasteiger partial charge in [0.1, 0.15) is 0 Å². The van der Waals surface area contributed by atoms with Crippen molar-refractivity contribution in [1.29, 1.82) is 0 Å². The van der Waals surface area contributed by atoms with E-state index in [0.29, 0.717) is 6.04 Å². The van der Waals surface area contributed by atoms with Crippen LogP contribution in [0.3, 0.4) is 0 Å². The van der Waals surface area contributed by atoms with Gasteiger partial charge in [0.15, 0.2) is 0 Å². The summed E-state index contributed by atoms with van der Waals surface area (Å²) in [5, 5.41) is 3.72. The maximum atomic E-state index is 3.72. The third kappa shape index (κ3) is 2.80. The lowest BCUT2D eigenvalue weighted by Gasteiger charge is -2.25. The van der Waals surface area contributed by atoms with Crippen molar-refractivity contribution in [3.05, 3.63) is 21.4 Å². The van der Waals surface area contributed by atoms with E-state index in [1.165, 1.54) is 57.9 Å². The maximum absolute atomic E-state index is 3.72. The first-order valence-corrected chi connectivity index (χ1v) is 8.49. The second-order valence-corrected chi connectivity index (χ2v) is 7.23. The molecule has 1 nitrogen and oxygen atoms in total. The Kier molecular flexibility index (Phi) is 4.05. The molecule has 1 aromatic heterocycles. The summed E-state index contributed by atoms with van der Waals surface area (Å²) in [7, 11) is 0. The topological polar surface area (TPSA) is 12.0 Å². The van der Waals surface area contributed by atoms with Gasteiger partial charge < -0.3 is 5.32 Å². The zero-order valence-electron chi connectivity index (χ0n) is 11.5. The Labute approximate surface area is 115 Å². The predicted octanol–water partition coefficient (Wildman–Crippen LogP) is 4.47. The number of hydrogen-bond acceptors (Lipinski definition) is 2. The Morgan fingerprint density at radius 2 is 2.11 bits per heavy atom. The van der Waals surface area contributed by atoms with Gasteiger partial charge in [-0.15, -0.1) is 11.3 Å². The SMILES string of the molecule is CC(NCCC1CCC1)c1cc2c(s1)CCCC2. The van der Waals surface area contributed by atoms with E-state index in [1.54, 1.807) is 15.3 Å². The molecule has 0 aromatic carbocycles. The van der Waals surface area contributed by atoms with Gasteiger partial charge in [0.2, 0.25) is 0 Å². The number of hydrogen-bond donors (Lipinski definition) is 1. The number of nitrogens with one attached hydrogen (secondary N) is 1. The van der Waals surface area contributed by atoms with Crippen LogP contribution >= 0.6 is 11.3 Å². The summed E-state index contributed by atoms with van der Waals surface area (Å²) >= 11 is 2.06. The van der Waals surface area contributed by atoms with Crippen molar-refractivity contribution in [2.24, 2.45) is 5.92 Å². The molecule has 0 spiro atoms. The highest BCUT2D eigenvalue weighted by atomic mass is 32.1. The van der Waals surface area contributed by atoms with Gasteiger partial charge in [0.05, 0.1) is 0 Å². The van der Waals surface area contributed by atoms with Crippen molar-refractivity contribution in [2.45, 2.75) is 64.3 Å². The summed E-state index contributed by atoms with van der Waals surface area (Å²) in [4.78, 5) is 3.24. The third-order valence-corrected chi connectivity index (χ3v) is 6.09. The van der Waals surface area contributed by atoms with Crippen LogP contribution in [0.15, 0.2) is 6.07 Å². The molecule has 2 aliphatic carbocycles. The van der Waals surface area contributed by atoms with E-state index in [2.05, 4.69) is 29.6 Å². The van der Waals surface area contributed by atoms with E-state index in [9.17, 15) is 0 Å². The van der Waals surface area contributed by atoms with E-state index in [1.807, 2.05) is 0 Å². The Bertz CT molecular complexity index is 368. The van der Waals surface area contributed by atoms with Crippen LogP contribution in [0.5, 0.6) is 0 Å². The zero-order valence-corrected chi connectivity index (χ0v) is 12.3. The van der Waals surface area contributed by atoms with E-state index in [4.69, 9.17) is 0 Å². The summed E-state index contributed by atoms with van der Waals surface area (Å²) in [6.45, 7) is 3.53. The molecule has 2 aliphatic rings. The molecular formula is C16H25NS. The summed E-state index contributed by atoms with van der Waals surface area (Å²) < 4.78 is 0. The van der Waals surface area contributed by atoms with Gasteiger partial charge >= 0.3 is 0 Å². The van der Waals surface area contributed by atoms with Crippen molar-refractivity contribution in [3.63, 3.8) is 0 Å². The third-order valence-electron chi connectivity index (χ3n) is 4.67. The number of aryl methyl sites for hydroxylation is 2. The first kappa shape index (κ1) is 12.7. The largest absolute Gasteiger partial charge is 0.309 e. The minimum Gasteiger partial charge on any atom is -0.309 e. The molecule has 18 heavy (non-hydrogen) atoms. The fraction of sp³-hybridized carbons (Fsp3) is 0.750. The Morgan fingerprint density at radius 3 is 2.83 bits per heavy atom. The van der Waals surface area contributed by atoms with Gasteiger partial charge in [0.25, 0.3) is 0 Å². The fourth-order valence-corrected chi connectivity index (χ4v) is 4.40. The van der Waals surface area contributed by atoms with Gasteiger partial charge in [-0.3, -0.25) is 0 Å². The number of fused-ring (bicyclic) bond motifs is 1. The van der Waals surface area contributed by atoms with Gasteiger partial charge in [-0.2, -0.15) is 0 Å². The highest BCUT2D eigenvalue weighted by Gasteiger charge is 2.18. The molecule has 2 heteroatoms. The Morgan fingerprint density at radius 1 is 1.28 bits per heavy atom. The fourth-order valence-electron chi connectivity index (χ4n) is 3.11. The Hall–Kier alpha value is -0.340. The summed E-state index contributed by atoms with van der Waals surface area (Å²) in [6.07, 6.45) is 11.2. The first-order valence-electron chi connectivity index (χ1n) is 7.68. The molecule has 1 atom stereocenters. The minimum absolute atomic E-state index is 0.556. The average Bonchev–Trinajstić information content (AvgIpc) is 2.75. The van der Waals surface area contributed by atoms with Crippen LogP contribution in [0.4, 0.5) is 0 Å². The summed E-state index contributed by atoms with van der Waals surface area (Å²) in [5.74, 6) is 1.03. The smallest absolute Gasteiger partial charge is 0.0386 e. The molecule has 1 aromatic rings. The lowest BCUT2D eigenvalue weighted by atomic mass is 9.83. The monoisotopic (exact) mass is 263 g/mol. The van der Waals surface area contributed by atoms with E-state index < -0.39 is 0 Å². The number of rotatable bonds is 5. The van der Waals surface area contributed by atoms with Crippen LogP contribution in [0.1, 0.15) is 66.8 Å². The second kappa shape index (κ2) is 5.75. The minimum atomic E-state index is 0.556. The highest BCUT2D eigenvalue weighted by Crippen LogP contribution is 2.33. The molecular weight excluding hydrogens is 238 g/mol. The zero-order chi connectivity index (χ0) is 12.4. The van der Waals surface area contributed by atoms with E-state index in [0.717, 1.165) is 5.92 Å². The van der Waals surface area contributed by atoms with Crippen LogP contribution in [0, 0.1) is 5.92 Å². The van der Waals surface area contributed by atoms with E-state index >= 15 is 0 Å². The van der Waals surface area contributed by atoms with Gasteiger partial charge in [0, 0.05) is 15.8 Å². The van der Waals surface area contributed by atoms with Crippen LogP contribution in [0.25, 0.3) is 0 Å². The van der Waals surface area contributed by atoms with Crippen molar-refractivity contribution < 1.29 is 0 Å². The van der Waals surface area contributed by atoms with Crippen molar-refractivity contribution >= 4 is 11.3 Å². The predicted molar refractivity (Wildman–Crippen MR) is 79.3 cm³/mol. The van der Waals surface area contributed by atoms with Crippen LogP contribution < -0.4 is 5.32 Å². The quantitative estimate of drug-likeness (QED) is 0.826. The molecule has 1 unspecified atom stereocenters. The first-order chi connectivity index (χ1) is 8.83. The molecule has 3 rings (SSSR count). The standard InChI is InChI=1S/C16H25NS/c1-12(17-10-9-13-5-4-6-13)16-11-14-7-2-3-8-15(14)18-16/h11-13,17H,2-10H2,1H3. The Balaban J connectivity index is 1.51. The molecule has 0 amide bonds. The summed E-state index contributed by atoms with van der Waals surface area (Å²) in [5.41, 5.74) is 1.65. The van der Waals surface area contributed by atoms with Crippen LogP contribution in [-0.4, -0.2) is 6.54 Å². The lowest BCUT2D eigenvalue weighted by Crippen LogP contribution is -2.23. The molecule has 1 heterocycles. The van der Waals surface area contributed by atoms with Crippen LogP contribution in [-0.2, 0) is 12.8 Å². The molecule has 0 radical (unpaired) electrons. The summed E-state index contributed by atoms with van der Waals surface area (Å²) in [6, 6.07) is 3.03. The highest BCUT2D eigenvalue weighted by molar-refractivity contribution is 7.12. The normalized spacial score (nSPS) is 21.4. The molecule has 0 aliphatic heterocycles. The van der Waals surface area contributed by atoms with Crippen LogP contribution in [0.2, 0.25) is 0 Å². The average molecular weight is 263 g/mol. The van der Waals surface area contributed by atoms with Gasteiger partial charge in [-0.25, -0.2) is 0 Å². The maximum Gasteiger partial charge on any atom is 0.0386 e. The lowest BCUT2D eigenvalue weighted by molar-refractivity contribution is 0.289. The molecule has 0 bridgehead atoms. The van der Waals surface area contributed by atoms with Crippen molar-refractivity contribution in [3.8, 4) is 0 Å². The van der Waals surface area contributed by atoms with Gasteiger partial charge in [-0.05, 0) is 63.1 Å². The molecule has 0 saturated heterocycles. The molecule has 1 saturated carbocycles. The van der Waals surface area contributed by atoms with Gasteiger partial charge in [-0.1, -0.05) is 19.3 Å². The van der Waals surface area contributed by atoms with Crippen molar-refractivity contribution in [1.82, 2.24) is 5.32 Å². The molecule has 1 N–H and O–H groups in total. The van der Waals surface area contributed by atoms with Crippen molar-refractivity contribution in [2.75, 3.05) is 6.54 Å².